The molecule has 51 heavy (non-hydrogen) atoms. The Morgan fingerprint density at radius 1 is 0.667 bits per heavy atom. The summed E-state index contributed by atoms with van der Waals surface area (Å²) in [5, 5.41) is 12.0. The van der Waals surface area contributed by atoms with Crippen LogP contribution < -0.4 is 20.9 Å². The van der Waals surface area contributed by atoms with E-state index < -0.39 is 0 Å². The molecule has 296 valence electrons. The zero-order valence-corrected chi connectivity index (χ0v) is 37.2. The largest absolute Gasteiger partial charge is 0.349 e. The first-order chi connectivity index (χ1) is 23.1. The van der Waals surface area contributed by atoms with Crippen LogP contribution in [0.5, 0.6) is 0 Å². The minimum absolute atomic E-state index is 0.0219. The van der Waals surface area contributed by atoms with E-state index in [1.54, 1.807) is 0 Å². The average molecular weight is 713 g/mol. The number of piperidine rings is 2. The fraction of sp³-hybridized carbons (Fsp3) is 0.930. The maximum absolute atomic E-state index is 5.26. The van der Waals surface area contributed by atoms with Crippen LogP contribution in [-0.2, 0) is 5.41 Å². The standard InChI is InChI=1S/C43H84N8/c1-20-40(14,21-2)33-44-34(47-39(12,13)30-36(5,6)7)46-35(45-33)50(18)31-26-37(8,9)48-41(15,28-31)24-25-42(16)29-32(27-38(10,11)49-42)51(19)43(17,22-3)23-4/h31-32,48-49H,20-30H2,1-19H3,(H,44,45,46,47). The van der Waals surface area contributed by atoms with Gasteiger partial charge in [0.2, 0.25) is 11.9 Å². The molecule has 0 amide bonds. The van der Waals surface area contributed by atoms with E-state index in [0.29, 0.717) is 18.0 Å². The van der Waals surface area contributed by atoms with Crippen LogP contribution in [0.1, 0.15) is 194 Å². The summed E-state index contributed by atoms with van der Waals surface area (Å²) in [6.45, 7) is 39.9. The van der Waals surface area contributed by atoms with Gasteiger partial charge in [0.05, 0.1) is 0 Å². The molecule has 8 nitrogen and oxygen atoms in total. The first-order valence-corrected chi connectivity index (χ1v) is 20.7. The Hall–Kier alpha value is -1.51. The maximum atomic E-state index is 5.26. The molecule has 4 unspecified atom stereocenters. The smallest absolute Gasteiger partial charge is 0.230 e. The van der Waals surface area contributed by atoms with Crippen LogP contribution in [0.3, 0.4) is 0 Å². The van der Waals surface area contributed by atoms with Crippen LogP contribution in [0.25, 0.3) is 0 Å². The second-order valence-corrected chi connectivity index (χ2v) is 21.5. The number of hydrogen-bond acceptors (Lipinski definition) is 8. The maximum Gasteiger partial charge on any atom is 0.230 e. The Morgan fingerprint density at radius 3 is 1.59 bits per heavy atom. The molecular formula is C43H84N8. The summed E-state index contributed by atoms with van der Waals surface area (Å²) in [5.74, 6) is 2.38. The zero-order chi connectivity index (χ0) is 39.1. The van der Waals surface area contributed by atoms with E-state index in [0.717, 1.165) is 56.7 Å². The van der Waals surface area contributed by atoms with Gasteiger partial charge in [-0.05, 0) is 145 Å². The molecule has 2 fully saturated rings. The van der Waals surface area contributed by atoms with Gasteiger partial charge in [-0.3, -0.25) is 4.90 Å². The summed E-state index contributed by atoms with van der Waals surface area (Å²) in [6.07, 6.45) is 12.0. The third-order valence-corrected chi connectivity index (χ3v) is 13.3. The highest BCUT2D eigenvalue weighted by molar-refractivity contribution is 5.41. The van der Waals surface area contributed by atoms with E-state index in [1.807, 2.05) is 0 Å². The Balaban J connectivity index is 1.92. The number of nitrogens with zero attached hydrogens (tertiary/aromatic N) is 5. The predicted molar refractivity (Wildman–Crippen MR) is 221 cm³/mol. The van der Waals surface area contributed by atoms with Crippen molar-refractivity contribution >= 4 is 11.9 Å². The quantitative estimate of drug-likeness (QED) is 0.166. The van der Waals surface area contributed by atoms with E-state index in [-0.39, 0.29) is 44.1 Å². The topological polar surface area (TPSA) is 81.2 Å². The van der Waals surface area contributed by atoms with Gasteiger partial charge in [-0.15, -0.1) is 0 Å². The lowest BCUT2D eigenvalue weighted by molar-refractivity contribution is 0.00263. The fourth-order valence-corrected chi connectivity index (χ4v) is 10.1. The average Bonchev–Trinajstić information content (AvgIpc) is 2.99. The van der Waals surface area contributed by atoms with Gasteiger partial charge in [0.1, 0.15) is 5.82 Å². The Morgan fingerprint density at radius 2 is 1.14 bits per heavy atom. The number of nitrogens with one attached hydrogen (secondary N) is 3. The van der Waals surface area contributed by atoms with E-state index in [1.165, 1.54) is 25.7 Å². The van der Waals surface area contributed by atoms with E-state index in [4.69, 9.17) is 15.0 Å². The molecule has 2 aliphatic heterocycles. The minimum Gasteiger partial charge on any atom is -0.349 e. The monoisotopic (exact) mass is 713 g/mol. The molecule has 3 N–H and O–H groups in total. The van der Waals surface area contributed by atoms with Crippen LogP contribution >= 0.6 is 0 Å². The predicted octanol–water partition coefficient (Wildman–Crippen LogP) is 9.88. The van der Waals surface area contributed by atoms with Gasteiger partial charge in [0.15, 0.2) is 0 Å². The normalized spacial score (nSPS) is 27.5. The van der Waals surface area contributed by atoms with Crippen LogP contribution in [-0.4, -0.2) is 79.3 Å². The molecule has 0 spiro atoms. The highest BCUT2D eigenvalue weighted by atomic mass is 15.3. The molecule has 4 atom stereocenters. The van der Waals surface area contributed by atoms with Gasteiger partial charge < -0.3 is 20.9 Å². The molecule has 0 aromatic carbocycles. The van der Waals surface area contributed by atoms with Gasteiger partial charge in [0.25, 0.3) is 0 Å². The first kappa shape index (κ1) is 43.9. The highest BCUT2D eigenvalue weighted by Gasteiger charge is 2.47. The van der Waals surface area contributed by atoms with Crippen LogP contribution in [0.15, 0.2) is 0 Å². The number of aromatic nitrogens is 3. The third-order valence-electron chi connectivity index (χ3n) is 13.3. The number of rotatable bonds is 15. The lowest BCUT2D eigenvalue weighted by Gasteiger charge is -2.55. The third kappa shape index (κ3) is 11.3. The summed E-state index contributed by atoms with van der Waals surface area (Å²) >= 11 is 0. The Labute approximate surface area is 316 Å². The molecule has 1 aromatic rings. The Kier molecular flexibility index (Phi) is 13.2. The van der Waals surface area contributed by atoms with Crippen LogP contribution in [0.2, 0.25) is 0 Å². The molecule has 3 rings (SSSR count). The highest BCUT2D eigenvalue weighted by Crippen LogP contribution is 2.42. The van der Waals surface area contributed by atoms with Crippen molar-refractivity contribution < 1.29 is 0 Å². The van der Waals surface area contributed by atoms with Crippen molar-refractivity contribution in [3.63, 3.8) is 0 Å². The fourth-order valence-electron chi connectivity index (χ4n) is 10.1. The summed E-state index contributed by atoms with van der Waals surface area (Å²) in [7, 11) is 4.60. The summed E-state index contributed by atoms with van der Waals surface area (Å²) in [4.78, 5) is 20.6. The summed E-state index contributed by atoms with van der Waals surface area (Å²) in [5.41, 5.74) is 0.246. The zero-order valence-electron chi connectivity index (χ0n) is 37.2. The van der Waals surface area contributed by atoms with Crippen molar-refractivity contribution in [2.24, 2.45) is 5.41 Å². The van der Waals surface area contributed by atoms with Crippen molar-refractivity contribution in [2.45, 2.75) is 239 Å². The summed E-state index contributed by atoms with van der Waals surface area (Å²) in [6, 6.07) is 0.855. The van der Waals surface area contributed by atoms with Crippen molar-refractivity contribution in [3.8, 4) is 0 Å². The van der Waals surface area contributed by atoms with Gasteiger partial charge in [-0.1, -0.05) is 55.4 Å². The minimum atomic E-state index is -0.159. The molecule has 1 aromatic heterocycles. The Bertz CT molecular complexity index is 1290. The van der Waals surface area contributed by atoms with E-state index >= 15 is 0 Å². The second-order valence-electron chi connectivity index (χ2n) is 21.5. The molecule has 0 radical (unpaired) electrons. The van der Waals surface area contributed by atoms with Crippen molar-refractivity contribution in [2.75, 3.05) is 24.3 Å². The van der Waals surface area contributed by atoms with Crippen LogP contribution in [0, 0.1) is 5.41 Å². The van der Waals surface area contributed by atoms with Gasteiger partial charge in [0, 0.05) is 57.8 Å². The second kappa shape index (κ2) is 15.3. The van der Waals surface area contributed by atoms with Crippen LogP contribution in [0.4, 0.5) is 11.9 Å². The molecule has 8 heteroatoms. The van der Waals surface area contributed by atoms with E-state index in [9.17, 15) is 0 Å². The molecule has 2 aliphatic rings. The number of anilines is 2. The summed E-state index contributed by atoms with van der Waals surface area (Å²) < 4.78 is 0. The molecule has 2 saturated heterocycles. The van der Waals surface area contributed by atoms with Gasteiger partial charge in [-0.2, -0.15) is 15.0 Å². The molecular weight excluding hydrogens is 629 g/mol. The van der Waals surface area contributed by atoms with E-state index in [2.05, 4.69) is 158 Å². The molecule has 0 saturated carbocycles. The first-order valence-electron chi connectivity index (χ1n) is 20.7. The molecule has 0 bridgehead atoms. The van der Waals surface area contributed by atoms with Crippen molar-refractivity contribution in [1.29, 1.82) is 0 Å². The SMILES string of the molecule is CCC(C)(CC)c1nc(NC(C)(C)CC(C)(C)C)nc(N(C)C2CC(C)(C)NC(C)(CCC3(C)CC(N(C)C(C)(CC)CC)CC(C)(C)N3)C2)n1. The molecule has 3 heterocycles. The molecule has 0 aliphatic carbocycles. The van der Waals surface area contributed by atoms with Gasteiger partial charge >= 0.3 is 0 Å². The van der Waals surface area contributed by atoms with Crippen molar-refractivity contribution in [3.05, 3.63) is 5.82 Å². The lowest BCUT2D eigenvalue weighted by atomic mass is 9.71. The lowest BCUT2D eigenvalue weighted by Crippen LogP contribution is -2.67. The van der Waals surface area contributed by atoms with Crippen molar-refractivity contribution in [1.82, 2.24) is 30.5 Å². The van der Waals surface area contributed by atoms with Gasteiger partial charge in [-0.25, -0.2) is 0 Å². The number of hydrogen-bond donors (Lipinski definition) is 3.